The lowest BCUT2D eigenvalue weighted by atomic mass is 9.74. The molecule has 0 aromatic heterocycles. The third-order valence-corrected chi connectivity index (χ3v) is 11.0. The van der Waals surface area contributed by atoms with E-state index in [0.29, 0.717) is 12.2 Å². The predicted octanol–water partition coefficient (Wildman–Crippen LogP) is 3.39. The second-order valence-electron chi connectivity index (χ2n) is 15.2. The van der Waals surface area contributed by atoms with Crippen LogP contribution < -0.4 is 4.74 Å². The Bertz CT molecular complexity index is 1340. The fourth-order valence-corrected chi connectivity index (χ4v) is 7.72. The van der Waals surface area contributed by atoms with Gasteiger partial charge in [-0.2, -0.15) is 0 Å². The normalized spacial score (nSPS) is 40.3. The van der Waals surface area contributed by atoms with Gasteiger partial charge in [-0.15, -0.1) is 0 Å². The largest absolute Gasteiger partial charge is 0.497 e. The number of rotatable bonds is 8. The number of methoxy groups -OCH3 is 2. The molecular weight excluding hydrogens is 662 g/mol. The van der Waals surface area contributed by atoms with E-state index < -0.39 is 83.6 Å². The van der Waals surface area contributed by atoms with E-state index in [1.807, 2.05) is 25.9 Å². The molecule has 13 nitrogen and oxygen atoms in total. The van der Waals surface area contributed by atoms with Gasteiger partial charge in [-0.3, -0.25) is 9.59 Å². The van der Waals surface area contributed by atoms with Gasteiger partial charge in [0.1, 0.15) is 35.4 Å². The van der Waals surface area contributed by atoms with E-state index in [4.69, 9.17) is 28.4 Å². The Balaban J connectivity index is 2.23. The first-order valence-corrected chi connectivity index (χ1v) is 17.9. The fourth-order valence-electron chi connectivity index (χ4n) is 7.72. The average molecular weight is 724 g/mol. The van der Waals surface area contributed by atoms with Crippen LogP contribution in [-0.4, -0.2) is 126 Å². The molecule has 0 amide bonds. The van der Waals surface area contributed by atoms with Crippen LogP contribution in [0.2, 0.25) is 0 Å². The Morgan fingerprint density at radius 3 is 2.25 bits per heavy atom. The second kappa shape index (κ2) is 17.5. The molecule has 2 heterocycles. The van der Waals surface area contributed by atoms with Crippen LogP contribution in [0, 0.1) is 23.7 Å². The number of carbonyl (C=O) groups excluding carboxylic acids is 3. The molecular formula is C38H61NO12. The van der Waals surface area contributed by atoms with Crippen LogP contribution in [0.25, 0.3) is 0 Å². The minimum absolute atomic E-state index is 0.0681. The van der Waals surface area contributed by atoms with E-state index in [2.05, 4.69) is 0 Å². The Morgan fingerprint density at radius 2 is 1.69 bits per heavy atom. The van der Waals surface area contributed by atoms with Crippen LogP contribution in [-0.2, 0) is 33.3 Å². The molecule has 3 N–H and O–H groups in total. The summed E-state index contributed by atoms with van der Waals surface area (Å²) in [5.74, 6) is -5.20. The number of Topliss-reactive ketones (excluding diaryl/α,β-unsaturated/α-hetero) is 1. The summed E-state index contributed by atoms with van der Waals surface area (Å²) in [5, 5.41) is 34.5. The van der Waals surface area contributed by atoms with Crippen LogP contribution in [0.4, 0.5) is 0 Å². The number of nitrogens with zero attached hydrogens (tertiary/aromatic N) is 1. The highest BCUT2D eigenvalue weighted by atomic mass is 16.7. The lowest BCUT2D eigenvalue weighted by molar-refractivity contribution is -0.301. The number of cyclic esters (lactones) is 1. The molecule has 2 aliphatic rings. The summed E-state index contributed by atoms with van der Waals surface area (Å²) >= 11 is 0. The highest BCUT2D eigenvalue weighted by Crippen LogP contribution is 2.40. The standard InChI is InChI=1S/C38H61NO12/c1-13-28-38(8,45)32(42)22(4)29(40)20(2)19-37(7,47-12)33(51-36-30(41)27(39(9)10)17-21(3)48-36)23(5)31(24(6)34(43)49-28)50-35(44)25-15-14-16-26(18-25)46-11/h14-16,18,20-24,27-28,30-33,36,41-42,45H,13,17,19H2,1-12H3/t20-,21-,22+,23+,24-,27+,28-,30-,31+,32-,33-,36+,37+,38-/m1/s1. The van der Waals surface area contributed by atoms with Crippen molar-refractivity contribution in [3.05, 3.63) is 29.8 Å². The van der Waals surface area contributed by atoms with Crippen molar-refractivity contribution in [3.8, 4) is 5.75 Å². The number of ether oxygens (including phenoxy) is 6. The highest BCUT2D eigenvalue weighted by molar-refractivity contribution is 5.90. The quantitative estimate of drug-likeness (QED) is 0.334. The maximum absolute atomic E-state index is 14.0. The van der Waals surface area contributed by atoms with Crippen molar-refractivity contribution < 1.29 is 58.1 Å². The van der Waals surface area contributed by atoms with Gasteiger partial charge in [-0.05, 0) is 79.3 Å². The molecule has 1 aromatic carbocycles. The van der Waals surface area contributed by atoms with Gasteiger partial charge in [-0.1, -0.05) is 33.8 Å². The number of likely N-dealkylation sites (N-methyl/N-ethyl adjacent to an activating group) is 1. The molecule has 0 saturated carbocycles. The minimum atomic E-state index is -1.99. The maximum Gasteiger partial charge on any atom is 0.338 e. The average Bonchev–Trinajstić information content (AvgIpc) is 3.10. The van der Waals surface area contributed by atoms with Gasteiger partial charge in [0.05, 0.1) is 42.5 Å². The van der Waals surface area contributed by atoms with Crippen LogP contribution in [0.1, 0.15) is 85.0 Å². The van der Waals surface area contributed by atoms with E-state index >= 15 is 0 Å². The summed E-state index contributed by atoms with van der Waals surface area (Å²) in [4.78, 5) is 43.6. The van der Waals surface area contributed by atoms with Crippen LogP contribution in [0.15, 0.2) is 24.3 Å². The molecule has 51 heavy (non-hydrogen) atoms. The summed E-state index contributed by atoms with van der Waals surface area (Å²) in [5.41, 5.74) is -3.13. The molecule has 0 bridgehead atoms. The number of esters is 2. The Hall–Kier alpha value is -2.65. The number of ketones is 1. The number of hydrogen-bond donors (Lipinski definition) is 3. The minimum Gasteiger partial charge on any atom is -0.497 e. The van der Waals surface area contributed by atoms with Crippen molar-refractivity contribution in [2.45, 2.75) is 135 Å². The molecule has 0 radical (unpaired) electrons. The number of aliphatic hydroxyl groups excluding tert-OH is 2. The second-order valence-corrected chi connectivity index (χ2v) is 15.2. The van der Waals surface area contributed by atoms with Gasteiger partial charge < -0.3 is 48.6 Å². The number of benzene rings is 1. The van der Waals surface area contributed by atoms with Gasteiger partial charge in [0.2, 0.25) is 0 Å². The first-order valence-electron chi connectivity index (χ1n) is 17.9. The topological polar surface area (TPSA) is 171 Å². The third kappa shape index (κ3) is 9.48. The van der Waals surface area contributed by atoms with Crippen molar-refractivity contribution in [2.75, 3.05) is 28.3 Å². The van der Waals surface area contributed by atoms with E-state index in [0.717, 1.165) is 0 Å². The van der Waals surface area contributed by atoms with Crippen molar-refractivity contribution in [1.29, 1.82) is 0 Å². The molecule has 0 aliphatic carbocycles. The Labute approximate surface area is 302 Å². The summed E-state index contributed by atoms with van der Waals surface area (Å²) in [6.45, 7) is 13.2. The van der Waals surface area contributed by atoms with E-state index in [-0.39, 0.29) is 36.3 Å². The summed E-state index contributed by atoms with van der Waals surface area (Å²) in [6.07, 6.45) is -6.83. The Kier molecular flexibility index (Phi) is 14.6. The van der Waals surface area contributed by atoms with Gasteiger partial charge in [0.25, 0.3) is 0 Å². The molecule has 14 atom stereocenters. The van der Waals surface area contributed by atoms with Gasteiger partial charge in [0, 0.05) is 30.9 Å². The van der Waals surface area contributed by atoms with Crippen molar-refractivity contribution in [3.63, 3.8) is 0 Å². The maximum atomic E-state index is 14.0. The summed E-state index contributed by atoms with van der Waals surface area (Å²) in [6, 6.07) is 6.09. The predicted molar refractivity (Wildman–Crippen MR) is 188 cm³/mol. The zero-order valence-electron chi connectivity index (χ0n) is 32.3. The lowest BCUT2D eigenvalue weighted by Gasteiger charge is -2.48. The van der Waals surface area contributed by atoms with E-state index in [1.165, 1.54) is 34.1 Å². The van der Waals surface area contributed by atoms with Gasteiger partial charge >= 0.3 is 11.9 Å². The van der Waals surface area contributed by atoms with Crippen LogP contribution >= 0.6 is 0 Å². The first-order chi connectivity index (χ1) is 23.7. The van der Waals surface area contributed by atoms with Crippen molar-refractivity contribution in [1.82, 2.24) is 4.90 Å². The fraction of sp³-hybridized carbons (Fsp3) is 0.763. The number of aliphatic hydroxyl groups is 3. The monoisotopic (exact) mass is 723 g/mol. The molecule has 2 fully saturated rings. The molecule has 2 aliphatic heterocycles. The van der Waals surface area contributed by atoms with Crippen LogP contribution in [0.5, 0.6) is 5.75 Å². The van der Waals surface area contributed by atoms with Gasteiger partial charge in [-0.25, -0.2) is 4.79 Å². The zero-order chi connectivity index (χ0) is 38.6. The molecule has 0 unspecified atom stereocenters. The van der Waals surface area contributed by atoms with E-state index in [1.54, 1.807) is 52.8 Å². The molecule has 13 heteroatoms. The molecule has 2 saturated heterocycles. The van der Waals surface area contributed by atoms with Crippen LogP contribution in [0.3, 0.4) is 0 Å². The number of hydrogen-bond acceptors (Lipinski definition) is 13. The molecule has 0 spiro atoms. The summed E-state index contributed by atoms with van der Waals surface area (Å²) in [7, 11) is 6.66. The first kappa shape index (κ1) is 42.8. The molecule has 1 aromatic rings. The zero-order valence-corrected chi connectivity index (χ0v) is 32.3. The Morgan fingerprint density at radius 1 is 1.04 bits per heavy atom. The lowest BCUT2D eigenvalue weighted by Crippen LogP contribution is -2.60. The third-order valence-electron chi connectivity index (χ3n) is 11.0. The molecule has 290 valence electrons. The molecule has 3 rings (SSSR count). The SMILES string of the molecule is CC[C@H]1OC(=O)[C@H](C)[C@@H](OC(=O)c2cccc(OC)c2)[C@H](C)[C@@H](O[C@@H]2O[C@H](C)C[C@H](N(C)C)[C@H]2O)[C@@](C)(OC)C[C@@H](C)C(=O)[C@H](C)[C@@H](O)[C@]1(C)O. The highest BCUT2D eigenvalue weighted by Gasteiger charge is 2.53. The smallest absolute Gasteiger partial charge is 0.338 e. The van der Waals surface area contributed by atoms with E-state index in [9.17, 15) is 29.7 Å². The summed E-state index contributed by atoms with van der Waals surface area (Å²) < 4.78 is 36.4. The van der Waals surface area contributed by atoms with Gasteiger partial charge in [0.15, 0.2) is 6.29 Å². The number of carbonyl (C=O) groups is 3. The van der Waals surface area contributed by atoms with Crippen molar-refractivity contribution >= 4 is 17.7 Å². The van der Waals surface area contributed by atoms with Crippen molar-refractivity contribution in [2.24, 2.45) is 23.7 Å².